The number of carboxylic acid groups (broad SMARTS) is 1. The molecule has 2 aromatic rings. The van der Waals surface area contributed by atoms with E-state index in [0.29, 0.717) is 13.1 Å². The van der Waals surface area contributed by atoms with E-state index in [4.69, 9.17) is 0 Å². The Balaban J connectivity index is 1.78. The lowest BCUT2D eigenvalue weighted by atomic mass is 9.98. The van der Waals surface area contributed by atoms with Crippen LogP contribution in [0.2, 0.25) is 0 Å². The van der Waals surface area contributed by atoms with Crippen LogP contribution in [0.3, 0.4) is 0 Å². The first kappa shape index (κ1) is 14.7. The van der Waals surface area contributed by atoms with Crippen LogP contribution in [0.5, 0.6) is 0 Å². The number of carboxylic acids is 1. The van der Waals surface area contributed by atoms with Gasteiger partial charge in [0, 0.05) is 6.54 Å². The summed E-state index contributed by atoms with van der Waals surface area (Å²) >= 11 is 0. The first-order chi connectivity index (χ1) is 10.6. The molecule has 1 saturated heterocycles. The third-order valence-corrected chi connectivity index (χ3v) is 4.21. The Bertz CT molecular complexity index is 668. The minimum absolute atomic E-state index is 0.274. The van der Waals surface area contributed by atoms with E-state index in [1.54, 1.807) is 6.33 Å². The minimum Gasteiger partial charge on any atom is -0.481 e. The molecule has 1 aromatic heterocycles. The fourth-order valence-corrected chi connectivity index (χ4v) is 3.00. The molecule has 22 heavy (non-hydrogen) atoms. The number of likely N-dealkylation sites (tertiary alicyclic amines) is 1. The molecule has 6 heteroatoms. The van der Waals surface area contributed by atoms with Gasteiger partial charge in [0.1, 0.15) is 6.33 Å². The summed E-state index contributed by atoms with van der Waals surface area (Å²) in [7, 11) is 0. The molecule has 0 spiro atoms. The van der Waals surface area contributed by atoms with Crippen molar-refractivity contribution in [3.63, 3.8) is 0 Å². The zero-order chi connectivity index (χ0) is 15.5. The van der Waals surface area contributed by atoms with Gasteiger partial charge >= 0.3 is 5.97 Å². The van der Waals surface area contributed by atoms with Crippen molar-refractivity contribution >= 4 is 5.97 Å². The van der Waals surface area contributed by atoms with Crippen LogP contribution in [0.15, 0.2) is 30.6 Å². The molecule has 0 saturated carbocycles. The SMILES string of the molecule is Cc1ccccc1-n1cnnc1CN1CCCC(C(=O)O)C1. The lowest BCUT2D eigenvalue weighted by molar-refractivity contribution is -0.143. The van der Waals surface area contributed by atoms with Gasteiger partial charge in [0.05, 0.1) is 18.2 Å². The van der Waals surface area contributed by atoms with Crippen molar-refractivity contribution < 1.29 is 9.90 Å². The van der Waals surface area contributed by atoms with Crippen molar-refractivity contribution in [1.82, 2.24) is 19.7 Å². The summed E-state index contributed by atoms with van der Waals surface area (Å²) in [5.41, 5.74) is 2.22. The maximum atomic E-state index is 11.2. The van der Waals surface area contributed by atoms with E-state index in [1.165, 1.54) is 0 Å². The van der Waals surface area contributed by atoms with Crippen molar-refractivity contribution in [2.75, 3.05) is 13.1 Å². The summed E-state index contributed by atoms with van der Waals surface area (Å²) in [5.74, 6) is -0.131. The number of rotatable bonds is 4. The summed E-state index contributed by atoms with van der Waals surface area (Å²) in [6.07, 6.45) is 3.39. The van der Waals surface area contributed by atoms with Crippen molar-refractivity contribution in [2.24, 2.45) is 5.92 Å². The molecule has 1 aliphatic rings. The molecular weight excluding hydrogens is 280 g/mol. The van der Waals surface area contributed by atoms with Gasteiger partial charge in [0.2, 0.25) is 0 Å². The van der Waals surface area contributed by atoms with Gasteiger partial charge in [-0.25, -0.2) is 0 Å². The van der Waals surface area contributed by atoms with Crippen LogP contribution in [0.4, 0.5) is 0 Å². The monoisotopic (exact) mass is 300 g/mol. The highest BCUT2D eigenvalue weighted by atomic mass is 16.4. The maximum absolute atomic E-state index is 11.2. The molecule has 6 nitrogen and oxygen atoms in total. The number of aromatic nitrogens is 3. The predicted octanol–water partition coefficient (Wildman–Crippen LogP) is 1.87. The molecule has 0 aliphatic carbocycles. The second kappa shape index (κ2) is 6.27. The third kappa shape index (κ3) is 3.01. The number of aryl methyl sites for hydroxylation is 1. The summed E-state index contributed by atoms with van der Waals surface area (Å²) < 4.78 is 1.99. The Morgan fingerprint density at radius 1 is 1.41 bits per heavy atom. The first-order valence-electron chi connectivity index (χ1n) is 7.55. The van der Waals surface area contributed by atoms with Crippen LogP contribution in [-0.4, -0.2) is 43.8 Å². The number of nitrogens with zero attached hydrogens (tertiary/aromatic N) is 4. The van der Waals surface area contributed by atoms with Crippen molar-refractivity contribution in [3.8, 4) is 5.69 Å². The average molecular weight is 300 g/mol. The molecule has 0 amide bonds. The van der Waals surface area contributed by atoms with Crippen LogP contribution in [0.25, 0.3) is 5.69 Å². The van der Waals surface area contributed by atoms with Crippen LogP contribution in [0.1, 0.15) is 24.2 Å². The van der Waals surface area contributed by atoms with Crippen LogP contribution >= 0.6 is 0 Å². The summed E-state index contributed by atoms with van der Waals surface area (Å²) in [6, 6.07) is 8.09. The summed E-state index contributed by atoms with van der Waals surface area (Å²) in [4.78, 5) is 13.3. The maximum Gasteiger partial charge on any atom is 0.307 e. The second-order valence-corrected chi connectivity index (χ2v) is 5.82. The van der Waals surface area contributed by atoms with Crippen molar-refractivity contribution in [3.05, 3.63) is 42.0 Å². The van der Waals surface area contributed by atoms with Gasteiger partial charge < -0.3 is 5.11 Å². The van der Waals surface area contributed by atoms with Crippen molar-refractivity contribution in [2.45, 2.75) is 26.3 Å². The smallest absolute Gasteiger partial charge is 0.307 e. The zero-order valence-electron chi connectivity index (χ0n) is 12.6. The van der Waals surface area contributed by atoms with Gasteiger partial charge in [-0.15, -0.1) is 10.2 Å². The predicted molar refractivity (Wildman–Crippen MR) is 81.7 cm³/mol. The fourth-order valence-electron chi connectivity index (χ4n) is 3.00. The van der Waals surface area contributed by atoms with E-state index >= 15 is 0 Å². The molecule has 0 radical (unpaired) electrons. The first-order valence-corrected chi connectivity index (χ1v) is 7.55. The number of para-hydroxylation sites is 1. The molecule has 3 rings (SSSR count). The van der Waals surface area contributed by atoms with Gasteiger partial charge in [-0.2, -0.15) is 0 Å². The van der Waals surface area contributed by atoms with Crippen LogP contribution in [-0.2, 0) is 11.3 Å². The molecule has 116 valence electrons. The number of hydrogen-bond acceptors (Lipinski definition) is 4. The number of aliphatic carboxylic acids is 1. The quantitative estimate of drug-likeness (QED) is 0.933. The molecule has 1 aliphatic heterocycles. The molecule has 1 unspecified atom stereocenters. The fraction of sp³-hybridized carbons (Fsp3) is 0.438. The minimum atomic E-state index is -0.704. The number of carbonyl (C=O) groups is 1. The lowest BCUT2D eigenvalue weighted by Gasteiger charge is -2.30. The molecule has 2 heterocycles. The molecule has 1 atom stereocenters. The van der Waals surface area contributed by atoms with Gasteiger partial charge in [-0.3, -0.25) is 14.3 Å². The molecule has 1 aromatic carbocycles. The van der Waals surface area contributed by atoms with E-state index in [9.17, 15) is 9.90 Å². The van der Waals surface area contributed by atoms with E-state index in [0.717, 1.165) is 36.5 Å². The highest BCUT2D eigenvalue weighted by molar-refractivity contribution is 5.70. The average Bonchev–Trinajstić information content (AvgIpc) is 2.96. The highest BCUT2D eigenvalue weighted by Crippen LogP contribution is 2.20. The van der Waals surface area contributed by atoms with E-state index in [1.807, 2.05) is 22.8 Å². The van der Waals surface area contributed by atoms with Gasteiger partial charge in [0.25, 0.3) is 0 Å². The Kier molecular flexibility index (Phi) is 4.20. The molecular formula is C16H20N4O2. The van der Waals surface area contributed by atoms with Crippen LogP contribution in [0, 0.1) is 12.8 Å². The Hall–Kier alpha value is -2.21. The van der Waals surface area contributed by atoms with Gasteiger partial charge in [-0.1, -0.05) is 18.2 Å². The van der Waals surface area contributed by atoms with Crippen LogP contribution < -0.4 is 0 Å². The third-order valence-electron chi connectivity index (χ3n) is 4.21. The summed E-state index contributed by atoms with van der Waals surface area (Å²) in [5, 5.41) is 17.4. The van der Waals surface area contributed by atoms with Gasteiger partial charge in [-0.05, 0) is 37.9 Å². The van der Waals surface area contributed by atoms with Crippen molar-refractivity contribution in [1.29, 1.82) is 0 Å². The Labute approximate surface area is 129 Å². The largest absolute Gasteiger partial charge is 0.481 e. The normalized spacial score (nSPS) is 19.2. The zero-order valence-corrected chi connectivity index (χ0v) is 12.6. The Morgan fingerprint density at radius 3 is 3.00 bits per heavy atom. The van der Waals surface area contributed by atoms with E-state index < -0.39 is 5.97 Å². The number of benzene rings is 1. The standard InChI is InChI=1S/C16H20N4O2/c1-12-5-2-3-7-14(12)20-11-17-18-15(20)10-19-8-4-6-13(9-19)16(21)22/h2-3,5,7,11,13H,4,6,8-10H2,1H3,(H,21,22). The lowest BCUT2D eigenvalue weighted by Crippen LogP contribution is -2.38. The topological polar surface area (TPSA) is 71.2 Å². The number of piperidine rings is 1. The second-order valence-electron chi connectivity index (χ2n) is 5.82. The van der Waals surface area contributed by atoms with E-state index in [2.05, 4.69) is 28.1 Å². The summed E-state index contributed by atoms with van der Waals surface area (Å²) in [6.45, 7) is 4.17. The molecule has 1 N–H and O–H groups in total. The number of hydrogen-bond donors (Lipinski definition) is 1. The highest BCUT2D eigenvalue weighted by Gasteiger charge is 2.26. The van der Waals surface area contributed by atoms with E-state index in [-0.39, 0.29) is 5.92 Å². The molecule has 0 bridgehead atoms. The Morgan fingerprint density at radius 2 is 2.23 bits per heavy atom. The molecule has 1 fully saturated rings. The van der Waals surface area contributed by atoms with Gasteiger partial charge in [0.15, 0.2) is 5.82 Å².